The molecule has 0 spiro atoms. The number of carbonyl (C=O) groups excluding carboxylic acids is 1. The normalized spacial score (nSPS) is 7.20. The van der Waals surface area contributed by atoms with Crippen molar-refractivity contribution in [3.8, 4) is 0 Å². The Kier molecular flexibility index (Phi) is 15.6. The molecule has 0 atom stereocenters. The van der Waals surface area contributed by atoms with Gasteiger partial charge in [-0.15, -0.1) is 0 Å². The Hall–Kier alpha value is -1.65. The summed E-state index contributed by atoms with van der Waals surface area (Å²) in [4.78, 5) is 17.3. The minimum atomic E-state index is 0.509. The maximum atomic E-state index is 9.76. The maximum absolute atomic E-state index is 9.76. The Bertz CT molecular complexity index is 216. The van der Waals surface area contributed by atoms with E-state index in [1.165, 1.54) is 18.8 Å². The SMILES string of the molecule is CC.CCC.O=CNNc1cnccn1. The molecule has 1 heterocycles. The van der Waals surface area contributed by atoms with Gasteiger partial charge in [-0.2, -0.15) is 0 Å². The summed E-state index contributed by atoms with van der Waals surface area (Å²) in [6.45, 7) is 8.25. The van der Waals surface area contributed by atoms with Gasteiger partial charge in [-0.1, -0.05) is 34.1 Å². The van der Waals surface area contributed by atoms with E-state index in [0.29, 0.717) is 12.2 Å². The molecular formula is C10H20N4O. The fourth-order valence-electron chi connectivity index (χ4n) is 0.467. The first-order valence-corrected chi connectivity index (χ1v) is 5.06. The average Bonchev–Trinajstić information content (AvgIpc) is 2.31. The van der Waals surface area contributed by atoms with Crippen LogP contribution in [0.2, 0.25) is 0 Å². The average molecular weight is 212 g/mol. The zero-order valence-corrected chi connectivity index (χ0v) is 9.82. The molecule has 15 heavy (non-hydrogen) atoms. The zero-order valence-electron chi connectivity index (χ0n) is 9.82. The molecule has 1 aromatic heterocycles. The molecule has 0 radical (unpaired) electrons. The summed E-state index contributed by atoms with van der Waals surface area (Å²) in [6, 6.07) is 0. The second kappa shape index (κ2) is 14.9. The van der Waals surface area contributed by atoms with E-state index in [4.69, 9.17) is 0 Å². The van der Waals surface area contributed by atoms with Crippen LogP contribution in [0.5, 0.6) is 0 Å². The summed E-state index contributed by atoms with van der Waals surface area (Å²) in [6.07, 6.45) is 6.34. The van der Waals surface area contributed by atoms with Crippen LogP contribution in [0.3, 0.4) is 0 Å². The van der Waals surface area contributed by atoms with E-state index in [1.807, 2.05) is 13.8 Å². The van der Waals surface area contributed by atoms with Crippen molar-refractivity contribution < 1.29 is 4.79 Å². The van der Waals surface area contributed by atoms with Gasteiger partial charge in [0.25, 0.3) is 0 Å². The van der Waals surface area contributed by atoms with E-state index < -0.39 is 0 Å². The number of rotatable bonds is 3. The van der Waals surface area contributed by atoms with E-state index >= 15 is 0 Å². The van der Waals surface area contributed by atoms with Crippen LogP contribution in [0.25, 0.3) is 0 Å². The predicted molar refractivity (Wildman–Crippen MR) is 62.2 cm³/mol. The quantitative estimate of drug-likeness (QED) is 0.594. The van der Waals surface area contributed by atoms with Crippen molar-refractivity contribution in [2.75, 3.05) is 5.43 Å². The van der Waals surface area contributed by atoms with Gasteiger partial charge < -0.3 is 0 Å². The first-order chi connectivity index (χ1) is 7.35. The van der Waals surface area contributed by atoms with Gasteiger partial charge in [0.2, 0.25) is 6.41 Å². The number of nitrogens with zero attached hydrogens (tertiary/aromatic N) is 2. The number of hydrogen-bond acceptors (Lipinski definition) is 4. The Morgan fingerprint density at radius 1 is 1.33 bits per heavy atom. The van der Waals surface area contributed by atoms with Crippen LogP contribution < -0.4 is 10.9 Å². The minimum Gasteiger partial charge on any atom is -0.281 e. The number of hydrazine groups is 1. The highest BCUT2D eigenvalue weighted by molar-refractivity contribution is 5.49. The highest BCUT2D eigenvalue weighted by atomic mass is 16.1. The molecule has 0 saturated carbocycles. The number of anilines is 1. The second-order valence-corrected chi connectivity index (χ2v) is 2.18. The third kappa shape index (κ3) is 12.4. The van der Waals surface area contributed by atoms with E-state index in [9.17, 15) is 4.79 Å². The molecule has 5 nitrogen and oxygen atoms in total. The molecule has 0 bridgehead atoms. The highest BCUT2D eigenvalue weighted by Gasteiger charge is 1.85. The summed E-state index contributed by atoms with van der Waals surface area (Å²) >= 11 is 0. The summed E-state index contributed by atoms with van der Waals surface area (Å²) in [5.74, 6) is 0.509. The zero-order chi connectivity index (χ0) is 11.9. The van der Waals surface area contributed by atoms with Crippen molar-refractivity contribution in [1.82, 2.24) is 15.4 Å². The fourth-order valence-corrected chi connectivity index (χ4v) is 0.467. The smallest absolute Gasteiger partial charge is 0.225 e. The standard InChI is InChI=1S/C5H6N4O.C3H8.C2H6/c10-4-8-9-5-3-6-1-2-7-5;1-3-2;1-2/h1-4H,(H,7,9)(H,8,10);3H2,1-2H3;1-2H3. The van der Waals surface area contributed by atoms with Crippen molar-refractivity contribution in [2.24, 2.45) is 0 Å². The lowest BCUT2D eigenvalue weighted by atomic mass is 10.6. The lowest BCUT2D eigenvalue weighted by molar-refractivity contribution is -0.109. The molecule has 0 unspecified atom stereocenters. The van der Waals surface area contributed by atoms with E-state index in [2.05, 4.69) is 34.7 Å². The number of hydrogen-bond donors (Lipinski definition) is 2. The molecule has 5 heteroatoms. The molecule has 86 valence electrons. The fraction of sp³-hybridized carbons (Fsp3) is 0.500. The topological polar surface area (TPSA) is 66.9 Å². The first kappa shape index (κ1) is 15.8. The van der Waals surface area contributed by atoms with Crippen molar-refractivity contribution in [2.45, 2.75) is 34.1 Å². The van der Waals surface area contributed by atoms with Gasteiger partial charge in [0.1, 0.15) is 0 Å². The minimum absolute atomic E-state index is 0.509. The largest absolute Gasteiger partial charge is 0.281 e. The Balaban J connectivity index is 0. The van der Waals surface area contributed by atoms with Crippen molar-refractivity contribution in [3.63, 3.8) is 0 Å². The van der Waals surface area contributed by atoms with E-state index in [-0.39, 0.29) is 0 Å². The molecule has 1 rings (SSSR count). The van der Waals surface area contributed by atoms with E-state index in [1.54, 1.807) is 6.20 Å². The number of aromatic nitrogens is 2. The molecule has 0 aromatic carbocycles. The van der Waals surface area contributed by atoms with Gasteiger partial charge in [0.05, 0.1) is 6.20 Å². The van der Waals surface area contributed by atoms with Crippen LogP contribution >= 0.6 is 0 Å². The Labute approximate surface area is 91.3 Å². The molecule has 0 aliphatic rings. The van der Waals surface area contributed by atoms with Crippen LogP contribution in [0, 0.1) is 0 Å². The van der Waals surface area contributed by atoms with E-state index in [0.717, 1.165) is 0 Å². The molecule has 2 N–H and O–H groups in total. The van der Waals surface area contributed by atoms with Gasteiger partial charge >= 0.3 is 0 Å². The maximum Gasteiger partial charge on any atom is 0.225 e. The predicted octanol–water partition coefficient (Wildman–Crippen LogP) is 1.99. The lowest BCUT2D eigenvalue weighted by Gasteiger charge is -1.98. The van der Waals surface area contributed by atoms with Gasteiger partial charge in [0, 0.05) is 12.4 Å². The molecule has 1 aromatic rings. The van der Waals surface area contributed by atoms with Crippen molar-refractivity contribution in [1.29, 1.82) is 0 Å². The second-order valence-electron chi connectivity index (χ2n) is 2.18. The van der Waals surface area contributed by atoms with Crippen LogP contribution in [0.4, 0.5) is 5.82 Å². The van der Waals surface area contributed by atoms with Gasteiger partial charge in [-0.25, -0.2) is 4.98 Å². The van der Waals surface area contributed by atoms with Crippen LogP contribution in [0.1, 0.15) is 34.1 Å². The number of amides is 1. The molecule has 1 amide bonds. The third-order valence-electron chi connectivity index (χ3n) is 0.822. The molecule has 0 fully saturated rings. The van der Waals surface area contributed by atoms with Crippen LogP contribution in [-0.4, -0.2) is 16.4 Å². The Morgan fingerprint density at radius 2 is 1.93 bits per heavy atom. The summed E-state index contributed by atoms with van der Waals surface area (Å²) in [5, 5.41) is 0. The van der Waals surface area contributed by atoms with Crippen LogP contribution in [0.15, 0.2) is 18.6 Å². The highest BCUT2D eigenvalue weighted by Crippen LogP contribution is 1.92. The van der Waals surface area contributed by atoms with Gasteiger partial charge in [0.15, 0.2) is 5.82 Å². The van der Waals surface area contributed by atoms with Gasteiger partial charge in [-0.3, -0.25) is 20.6 Å². The molecule has 0 saturated heterocycles. The van der Waals surface area contributed by atoms with Crippen molar-refractivity contribution >= 4 is 12.2 Å². The lowest BCUT2D eigenvalue weighted by Crippen LogP contribution is -2.19. The molecule has 0 aliphatic heterocycles. The van der Waals surface area contributed by atoms with Gasteiger partial charge in [-0.05, 0) is 0 Å². The van der Waals surface area contributed by atoms with Crippen molar-refractivity contribution in [3.05, 3.63) is 18.6 Å². The summed E-state index contributed by atoms with van der Waals surface area (Å²) in [7, 11) is 0. The summed E-state index contributed by atoms with van der Waals surface area (Å²) < 4.78 is 0. The molecular weight excluding hydrogens is 192 g/mol. The third-order valence-corrected chi connectivity index (χ3v) is 0.822. The van der Waals surface area contributed by atoms with Crippen LogP contribution in [-0.2, 0) is 4.79 Å². The number of nitrogens with one attached hydrogen (secondary N) is 2. The Morgan fingerprint density at radius 3 is 2.33 bits per heavy atom. The summed E-state index contributed by atoms with van der Waals surface area (Å²) in [5.41, 5.74) is 4.73. The monoisotopic (exact) mass is 212 g/mol. The first-order valence-electron chi connectivity index (χ1n) is 5.06. The molecule has 0 aliphatic carbocycles. The number of carbonyl (C=O) groups is 1.